The summed E-state index contributed by atoms with van der Waals surface area (Å²) in [5.41, 5.74) is 1.94. The van der Waals surface area contributed by atoms with Gasteiger partial charge >= 0.3 is 11.9 Å². The zero-order valence-electron chi connectivity index (χ0n) is 13.1. The second-order valence-electron chi connectivity index (χ2n) is 5.34. The van der Waals surface area contributed by atoms with Crippen LogP contribution in [0, 0.1) is 0 Å². The zero-order chi connectivity index (χ0) is 16.3. The van der Waals surface area contributed by atoms with Gasteiger partial charge in [0, 0.05) is 11.1 Å². The average Bonchev–Trinajstić information content (AvgIpc) is 2.52. The van der Waals surface area contributed by atoms with Crippen molar-refractivity contribution in [3.63, 3.8) is 0 Å². The van der Waals surface area contributed by atoms with Crippen molar-refractivity contribution < 1.29 is 19.1 Å². The number of rotatable bonds is 4. The lowest BCUT2D eigenvalue weighted by Crippen LogP contribution is -2.25. The molecule has 2 aromatic rings. The van der Waals surface area contributed by atoms with Crippen LogP contribution in [0.25, 0.3) is 10.9 Å². The van der Waals surface area contributed by atoms with E-state index in [4.69, 9.17) is 4.74 Å². The van der Waals surface area contributed by atoms with E-state index in [9.17, 15) is 9.59 Å². The molecule has 1 aromatic carbocycles. The van der Waals surface area contributed by atoms with Crippen molar-refractivity contribution in [1.82, 2.24) is 4.98 Å². The van der Waals surface area contributed by atoms with Crippen LogP contribution in [0.1, 0.15) is 42.7 Å². The van der Waals surface area contributed by atoms with Crippen LogP contribution >= 0.6 is 0 Å². The van der Waals surface area contributed by atoms with Gasteiger partial charge in [0.2, 0.25) is 0 Å². The Morgan fingerprint density at radius 3 is 2.45 bits per heavy atom. The van der Waals surface area contributed by atoms with Crippen LogP contribution in [0.4, 0.5) is 0 Å². The van der Waals surface area contributed by atoms with Gasteiger partial charge in [0.15, 0.2) is 6.10 Å². The minimum Gasteiger partial charge on any atom is -0.466 e. The van der Waals surface area contributed by atoms with Crippen LogP contribution in [0.3, 0.4) is 0 Å². The van der Waals surface area contributed by atoms with Crippen molar-refractivity contribution in [2.45, 2.75) is 32.8 Å². The third-order valence-corrected chi connectivity index (χ3v) is 3.36. The fraction of sp³-hybridized carbons (Fsp3) is 0.353. The molecule has 0 aliphatic rings. The molecule has 0 spiro atoms. The maximum Gasteiger partial charge on any atom is 0.346 e. The first-order chi connectivity index (χ1) is 10.4. The molecule has 1 aromatic heterocycles. The van der Waals surface area contributed by atoms with Crippen molar-refractivity contribution in [3.05, 3.63) is 41.6 Å². The Bertz CT molecular complexity index is 709. The average molecular weight is 301 g/mol. The van der Waals surface area contributed by atoms with Gasteiger partial charge in [-0.3, -0.25) is 4.98 Å². The summed E-state index contributed by atoms with van der Waals surface area (Å²) in [7, 11) is 1.26. The zero-order valence-corrected chi connectivity index (χ0v) is 13.1. The highest BCUT2D eigenvalue weighted by Gasteiger charge is 2.22. The first-order valence-corrected chi connectivity index (χ1v) is 7.12. The molecule has 0 unspecified atom stereocenters. The Morgan fingerprint density at radius 1 is 1.14 bits per heavy atom. The molecule has 5 heteroatoms. The highest BCUT2D eigenvalue weighted by Crippen LogP contribution is 2.23. The summed E-state index contributed by atoms with van der Waals surface area (Å²) in [5.74, 6) is -0.969. The number of para-hydroxylation sites is 1. The molecule has 0 aliphatic heterocycles. The van der Waals surface area contributed by atoms with E-state index in [-0.39, 0.29) is 5.92 Å². The number of ether oxygens (including phenoxy) is 2. The molecular weight excluding hydrogens is 282 g/mol. The van der Waals surface area contributed by atoms with Crippen LogP contribution in [0.2, 0.25) is 0 Å². The molecule has 0 N–H and O–H groups in total. The number of hydrogen-bond donors (Lipinski definition) is 0. The third kappa shape index (κ3) is 3.24. The number of carbonyl (C=O) groups excluding carboxylic acids is 2. The topological polar surface area (TPSA) is 65.5 Å². The molecule has 0 amide bonds. The maximum absolute atomic E-state index is 12.4. The lowest BCUT2D eigenvalue weighted by atomic mass is 10.0. The van der Waals surface area contributed by atoms with Crippen molar-refractivity contribution >= 4 is 22.8 Å². The van der Waals surface area contributed by atoms with E-state index >= 15 is 0 Å². The number of nitrogens with zero attached hydrogens (tertiary/aromatic N) is 1. The number of carbonyl (C=O) groups is 2. The SMILES string of the molecule is COC(=O)[C@H](C)OC(=O)c1cc(C(C)C)nc2ccccc12. The van der Waals surface area contributed by atoms with E-state index in [1.165, 1.54) is 14.0 Å². The molecule has 0 saturated carbocycles. The summed E-state index contributed by atoms with van der Waals surface area (Å²) in [6.45, 7) is 5.49. The highest BCUT2D eigenvalue weighted by atomic mass is 16.6. The van der Waals surface area contributed by atoms with E-state index in [1.54, 1.807) is 6.07 Å². The predicted molar refractivity (Wildman–Crippen MR) is 82.7 cm³/mol. The molecule has 22 heavy (non-hydrogen) atoms. The summed E-state index contributed by atoms with van der Waals surface area (Å²) >= 11 is 0. The van der Waals surface area contributed by atoms with Crippen molar-refractivity contribution in [2.24, 2.45) is 0 Å². The second kappa shape index (κ2) is 6.56. The third-order valence-electron chi connectivity index (χ3n) is 3.36. The summed E-state index contributed by atoms with van der Waals surface area (Å²) in [4.78, 5) is 28.4. The molecule has 0 aliphatic carbocycles. The molecule has 5 nitrogen and oxygen atoms in total. The van der Waals surface area contributed by atoms with E-state index in [0.29, 0.717) is 10.9 Å². The lowest BCUT2D eigenvalue weighted by molar-refractivity contribution is -0.149. The second-order valence-corrected chi connectivity index (χ2v) is 5.34. The van der Waals surface area contributed by atoms with Crippen LogP contribution < -0.4 is 0 Å². The van der Waals surface area contributed by atoms with Crippen LogP contribution in [-0.4, -0.2) is 30.1 Å². The van der Waals surface area contributed by atoms with Crippen molar-refractivity contribution in [1.29, 1.82) is 0 Å². The van der Waals surface area contributed by atoms with Crippen LogP contribution in [0.15, 0.2) is 30.3 Å². The summed E-state index contributed by atoms with van der Waals surface area (Å²) in [6.07, 6.45) is -0.952. The Hall–Kier alpha value is -2.43. The van der Waals surface area contributed by atoms with E-state index in [0.717, 1.165) is 11.2 Å². The van der Waals surface area contributed by atoms with Gasteiger partial charge in [-0.15, -0.1) is 0 Å². The van der Waals surface area contributed by atoms with Gasteiger partial charge in [-0.05, 0) is 25.0 Å². The number of hydrogen-bond acceptors (Lipinski definition) is 5. The molecule has 0 saturated heterocycles. The van der Waals surface area contributed by atoms with E-state index in [1.807, 2.05) is 38.1 Å². The molecule has 0 fully saturated rings. The van der Waals surface area contributed by atoms with E-state index < -0.39 is 18.0 Å². The Labute approximate surface area is 129 Å². The number of pyridine rings is 1. The van der Waals surface area contributed by atoms with Crippen molar-refractivity contribution in [3.8, 4) is 0 Å². The summed E-state index contributed by atoms with van der Waals surface area (Å²) in [5, 5.41) is 0.703. The first-order valence-electron chi connectivity index (χ1n) is 7.12. The fourth-order valence-electron chi connectivity index (χ4n) is 2.10. The van der Waals surface area contributed by atoms with Gasteiger partial charge < -0.3 is 9.47 Å². The number of fused-ring (bicyclic) bond motifs is 1. The molecule has 2 rings (SSSR count). The number of methoxy groups -OCH3 is 1. The predicted octanol–water partition coefficient (Wildman–Crippen LogP) is 3.08. The van der Waals surface area contributed by atoms with Gasteiger partial charge in [0.1, 0.15) is 0 Å². The quantitative estimate of drug-likeness (QED) is 0.812. The van der Waals surface area contributed by atoms with Crippen molar-refractivity contribution in [2.75, 3.05) is 7.11 Å². The standard InChI is InChI=1S/C17H19NO4/c1-10(2)15-9-13(12-7-5-6-8-14(12)18-15)17(20)22-11(3)16(19)21-4/h5-11H,1-4H3/t11-/m0/s1. The van der Waals surface area contributed by atoms with Gasteiger partial charge in [-0.25, -0.2) is 9.59 Å². The smallest absolute Gasteiger partial charge is 0.346 e. The molecule has 0 radical (unpaired) electrons. The van der Waals surface area contributed by atoms with Crippen LogP contribution in [-0.2, 0) is 14.3 Å². The monoisotopic (exact) mass is 301 g/mol. The molecule has 1 heterocycles. The fourth-order valence-corrected chi connectivity index (χ4v) is 2.10. The minimum atomic E-state index is -0.952. The summed E-state index contributed by atoms with van der Waals surface area (Å²) in [6, 6.07) is 9.08. The molecular formula is C17H19NO4. The van der Waals surface area contributed by atoms with Gasteiger partial charge in [0.05, 0.1) is 18.2 Å². The van der Waals surface area contributed by atoms with Gasteiger partial charge in [-0.1, -0.05) is 32.0 Å². The Morgan fingerprint density at radius 2 is 1.82 bits per heavy atom. The van der Waals surface area contributed by atoms with Crippen LogP contribution in [0.5, 0.6) is 0 Å². The number of esters is 2. The van der Waals surface area contributed by atoms with Gasteiger partial charge in [0.25, 0.3) is 0 Å². The lowest BCUT2D eigenvalue weighted by Gasteiger charge is -2.14. The maximum atomic E-state index is 12.4. The molecule has 116 valence electrons. The molecule has 1 atom stereocenters. The first kappa shape index (κ1) is 15.9. The minimum absolute atomic E-state index is 0.175. The van der Waals surface area contributed by atoms with Gasteiger partial charge in [-0.2, -0.15) is 0 Å². The number of aromatic nitrogens is 1. The Balaban J connectivity index is 2.44. The molecule has 0 bridgehead atoms. The highest BCUT2D eigenvalue weighted by molar-refractivity contribution is 6.04. The summed E-state index contributed by atoms with van der Waals surface area (Å²) < 4.78 is 9.76. The van der Waals surface area contributed by atoms with E-state index in [2.05, 4.69) is 9.72 Å². The normalized spacial score (nSPS) is 12.2. The Kier molecular flexibility index (Phi) is 4.75. The number of benzene rings is 1. The largest absolute Gasteiger partial charge is 0.466 e.